The Hall–Kier alpha value is -2.68. The molecule has 7 nitrogen and oxygen atoms in total. The van der Waals surface area contributed by atoms with E-state index in [0.717, 1.165) is 5.56 Å². The molecule has 122 valence electrons. The van der Waals surface area contributed by atoms with Gasteiger partial charge < -0.3 is 4.84 Å². The third-order valence-corrected chi connectivity index (χ3v) is 3.56. The fraction of sp³-hybridized carbons (Fsp3) is 0.133. The fourth-order valence-electron chi connectivity index (χ4n) is 1.97. The van der Waals surface area contributed by atoms with Crippen LogP contribution in [0.2, 0.25) is 0 Å². The molecule has 9 heteroatoms. The molecule has 0 amide bonds. The average Bonchev–Trinajstić information content (AvgIpc) is 3.01. The van der Waals surface area contributed by atoms with Crippen LogP contribution in [0.25, 0.3) is 0 Å². The molecule has 0 unspecified atom stereocenters. The number of pyridine rings is 1. The Bertz CT molecular complexity index is 867. The van der Waals surface area contributed by atoms with Crippen LogP contribution in [0.1, 0.15) is 17.1 Å². The Morgan fingerprint density at radius 2 is 2.04 bits per heavy atom. The van der Waals surface area contributed by atoms with Crippen molar-refractivity contribution in [2.45, 2.75) is 6.61 Å². The van der Waals surface area contributed by atoms with E-state index in [1.165, 1.54) is 16.8 Å². The Morgan fingerprint density at radius 1 is 1.25 bits per heavy atom. The van der Waals surface area contributed by atoms with Crippen LogP contribution in [0.15, 0.2) is 52.2 Å². The number of hydrogen-bond acceptors (Lipinski definition) is 6. The third-order valence-electron chi connectivity index (χ3n) is 3.12. The summed E-state index contributed by atoms with van der Waals surface area (Å²) < 4.78 is 15.7. The highest BCUT2D eigenvalue weighted by Gasteiger charge is 2.15. The summed E-state index contributed by atoms with van der Waals surface area (Å²) in [5.74, 6) is -0.0288. The second-order valence-electron chi connectivity index (χ2n) is 4.77. The van der Waals surface area contributed by atoms with E-state index in [2.05, 4.69) is 41.6 Å². The molecule has 3 aromatic rings. The molecular weight excluding hydrogens is 379 g/mol. The van der Waals surface area contributed by atoms with Gasteiger partial charge in [-0.05, 0) is 38.5 Å². The lowest BCUT2D eigenvalue weighted by Gasteiger charge is -2.06. The number of nitrogens with zero attached hydrogens (tertiary/aromatic N) is 6. The highest BCUT2D eigenvalue weighted by molar-refractivity contribution is 9.10. The summed E-state index contributed by atoms with van der Waals surface area (Å²) in [4.78, 5) is 9.33. The first-order chi connectivity index (χ1) is 11.6. The van der Waals surface area contributed by atoms with Crippen molar-refractivity contribution in [1.29, 1.82) is 0 Å². The minimum absolute atomic E-state index is 0.118. The SMILES string of the molecule is Cn1nnnc1C(=NOCc1nc(Br)ccc1F)c1ccccc1. The highest BCUT2D eigenvalue weighted by atomic mass is 79.9. The van der Waals surface area contributed by atoms with Crippen molar-refractivity contribution in [3.63, 3.8) is 0 Å². The van der Waals surface area contributed by atoms with Crippen LogP contribution < -0.4 is 0 Å². The van der Waals surface area contributed by atoms with E-state index in [4.69, 9.17) is 4.84 Å². The Morgan fingerprint density at radius 3 is 2.75 bits per heavy atom. The maximum absolute atomic E-state index is 13.7. The van der Waals surface area contributed by atoms with Gasteiger partial charge in [0.1, 0.15) is 16.1 Å². The zero-order valence-corrected chi connectivity index (χ0v) is 14.2. The molecule has 0 spiro atoms. The van der Waals surface area contributed by atoms with E-state index in [-0.39, 0.29) is 12.3 Å². The normalized spacial score (nSPS) is 11.5. The first kappa shape index (κ1) is 16.2. The van der Waals surface area contributed by atoms with E-state index in [9.17, 15) is 4.39 Å². The van der Waals surface area contributed by atoms with Gasteiger partial charge in [0, 0.05) is 12.6 Å². The first-order valence-electron chi connectivity index (χ1n) is 6.94. The number of benzene rings is 1. The van der Waals surface area contributed by atoms with Gasteiger partial charge >= 0.3 is 0 Å². The second-order valence-corrected chi connectivity index (χ2v) is 5.58. The van der Waals surface area contributed by atoms with Crippen molar-refractivity contribution in [2.24, 2.45) is 12.2 Å². The number of aromatic nitrogens is 5. The quantitative estimate of drug-likeness (QED) is 0.379. The van der Waals surface area contributed by atoms with E-state index in [1.807, 2.05) is 30.3 Å². The molecule has 0 saturated heterocycles. The van der Waals surface area contributed by atoms with Gasteiger partial charge in [0.2, 0.25) is 5.82 Å². The van der Waals surface area contributed by atoms with Crippen LogP contribution in [0.4, 0.5) is 4.39 Å². The largest absolute Gasteiger partial charge is 0.389 e. The van der Waals surface area contributed by atoms with E-state index < -0.39 is 5.82 Å². The summed E-state index contributed by atoms with van der Waals surface area (Å²) in [5, 5.41) is 15.4. The first-order valence-corrected chi connectivity index (χ1v) is 7.73. The van der Waals surface area contributed by atoms with Gasteiger partial charge in [0.15, 0.2) is 12.3 Å². The molecule has 0 radical (unpaired) electrons. The molecule has 0 saturated carbocycles. The summed E-state index contributed by atoms with van der Waals surface area (Å²) in [5.41, 5.74) is 1.37. The van der Waals surface area contributed by atoms with E-state index in [1.54, 1.807) is 7.05 Å². The van der Waals surface area contributed by atoms with Crippen LogP contribution in [0, 0.1) is 5.82 Å². The number of rotatable bonds is 5. The number of halogens is 2. The van der Waals surface area contributed by atoms with Gasteiger partial charge in [-0.1, -0.05) is 35.5 Å². The predicted molar refractivity (Wildman–Crippen MR) is 87.6 cm³/mol. The molecule has 24 heavy (non-hydrogen) atoms. The van der Waals surface area contributed by atoms with E-state index >= 15 is 0 Å². The van der Waals surface area contributed by atoms with Crippen molar-refractivity contribution < 1.29 is 9.23 Å². The third kappa shape index (κ3) is 3.62. The fourth-order valence-corrected chi connectivity index (χ4v) is 2.31. The van der Waals surface area contributed by atoms with Crippen molar-refractivity contribution in [2.75, 3.05) is 0 Å². The highest BCUT2D eigenvalue weighted by Crippen LogP contribution is 2.13. The molecule has 3 rings (SSSR count). The molecule has 0 bridgehead atoms. The molecule has 1 aromatic carbocycles. The molecule has 2 aromatic heterocycles. The molecule has 0 N–H and O–H groups in total. The zero-order valence-electron chi connectivity index (χ0n) is 12.6. The van der Waals surface area contributed by atoms with Crippen molar-refractivity contribution in [3.8, 4) is 0 Å². The molecule has 0 aliphatic rings. The van der Waals surface area contributed by atoms with Gasteiger partial charge in [-0.2, -0.15) is 0 Å². The van der Waals surface area contributed by atoms with Crippen LogP contribution in [0.3, 0.4) is 0 Å². The monoisotopic (exact) mass is 390 g/mol. The lowest BCUT2D eigenvalue weighted by Crippen LogP contribution is -2.12. The van der Waals surface area contributed by atoms with Gasteiger partial charge in [-0.3, -0.25) is 0 Å². The molecule has 0 aliphatic carbocycles. The molecular formula is C15H12BrFN6O. The molecule has 0 fully saturated rings. The molecule has 0 atom stereocenters. The molecule has 2 heterocycles. The van der Waals surface area contributed by atoms with Gasteiger partial charge in [-0.25, -0.2) is 14.1 Å². The lowest BCUT2D eigenvalue weighted by atomic mass is 10.1. The minimum Gasteiger partial charge on any atom is -0.389 e. The number of tetrazole rings is 1. The number of aryl methyl sites for hydroxylation is 1. The number of oxime groups is 1. The maximum atomic E-state index is 13.7. The summed E-state index contributed by atoms with van der Waals surface area (Å²) in [6, 6.07) is 12.2. The maximum Gasteiger partial charge on any atom is 0.204 e. The van der Waals surface area contributed by atoms with Crippen LogP contribution >= 0.6 is 15.9 Å². The van der Waals surface area contributed by atoms with Crippen molar-refractivity contribution in [1.82, 2.24) is 25.2 Å². The summed E-state index contributed by atoms with van der Waals surface area (Å²) in [6.45, 7) is -0.118. The summed E-state index contributed by atoms with van der Waals surface area (Å²) >= 11 is 3.20. The number of hydrogen-bond donors (Lipinski definition) is 0. The van der Waals surface area contributed by atoms with E-state index in [0.29, 0.717) is 16.1 Å². The average molecular weight is 391 g/mol. The lowest BCUT2D eigenvalue weighted by molar-refractivity contribution is 0.125. The predicted octanol–water partition coefficient (Wildman–Crippen LogP) is 2.48. The Kier molecular flexibility index (Phi) is 4.90. The minimum atomic E-state index is -0.463. The van der Waals surface area contributed by atoms with Crippen molar-refractivity contribution >= 4 is 21.6 Å². The second kappa shape index (κ2) is 7.26. The summed E-state index contributed by atoms with van der Waals surface area (Å²) in [7, 11) is 1.70. The van der Waals surface area contributed by atoms with Gasteiger partial charge in [0.25, 0.3) is 0 Å². The molecule has 0 aliphatic heterocycles. The zero-order chi connectivity index (χ0) is 16.9. The standard InChI is InChI=1S/C15H12BrFN6O/c1-23-15(19-21-22-23)14(10-5-3-2-4-6-10)20-24-9-12-11(17)7-8-13(16)18-12/h2-8H,9H2,1H3. The smallest absolute Gasteiger partial charge is 0.204 e. The van der Waals surface area contributed by atoms with Crippen molar-refractivity contribution in [3.05, 3.63) is 70.0 Å². The van der Waals surface area contributed by atoms with Crippen LogP contribution in [0.5, 0.6) is 0 Å². The topological polar surface area (TPSA) is 78.1 Å². The van der Waals surface area contributed by atoms with Gasteiger partial charge in [0.05, 0.1) is 0 Å². The van der Waals surface area contributed by atoms with Crippen LogP contribution in [-0.4, -0.2) is 30.9 Å². The summed E-state index contributed by atoms with van der Waals surface area (Å²) in [6.07, 6.45) is 0. The Labute approximate surface area is 145 Å². The van der Waals surface area contributed by atoms with Gasteiger partial charge in [-0.15, -0.1) is 5.10 Å². The van der Waals surface area contributed by atoms with Crippen LogP contribution in [-0.2, 0) is 18.5 Å². The Balaban J connectivity index is 1.88.